The van der Waals surface area contributed by atoms with Crippen LogP contribution in [0.4, 0.5) is 15.6 Å². The molecule has 0 saturated heterocycles. The lowest BCUT2D eigenvalue weighted by molar-refractivity contribution is 0.0923. The van der Waals surface area contributed by atoms with Crippen LogP contribution in [0.25, 0.3) is 0 Å². The third-order valence-electron chi connectivity index (χ3n) is 5.60. The Morgan fingerprint density at radius 2 is 1.81 bits per heavy atom. The van der Waals surface area contributed by atoms with Crippen LogP contribution in [0.1, 0.15) is 41.7 Å². The molecule has 2 amide bonds. The van der Waals surface area contributed by atoms with E-state index >= 15 is 0 Å². The number of sulfone groups is 1. The normalized spacial score (nSPS) is 14.4. The summed E-state index contributed by atoms with van der Waals surface area (Å²) in [6, 6.07) is 5.10. The number of ketones is 1. The van der Waals surface area contributed by atoms with E-state index in [1.54, 1.807) is 6.07 Å². The lowest BCUT2D eigenvalue weighted by Crippen LogP contribution is -2.23. The van der Waals surface area contributed by atoms with Crippen LogP contribution in [0, 0.1) is 5.92 Å². The fourth-order valence-electron chi connectivity index (χ4n) is 3.87. The molecule has 12 nitrogen and oxygen atoms in total. The number of aromatic nitrogens is 3. The molecule has 1 fully saturated rings. The average molecular weight is 565 g/mol. The van der Waals surface area contributed by atoms with E-state index in [9.17, 15) is 26.4 Å². The highest BCUT2D eigenvalue weighted by Gasteiger charge is 2.29. The van der Waals surface area contributed by atoms with E-state index in [1.165, 1.54) is 36.8 Å². The molecule has 3 aromatic rings. The number of anilines is 2. The van der Waals surface area contributed by atoms with E-state index in [-0.39, 0.29) is 37.4 Å². The van der Waals surface area contributed by atoms with Gasteiger partial charge in [-0.15, -0.1) is 0 Å². The zero-order valence-corrected chi connectivity index (χ0v) is 22.1. The summed E-state index contributed by atoms with van der Waals surface area (Å²) >= 11 is 0.657. The van der Waals surface area contributed by atoms with Crippen molar-refractivity contribution in [2.45, 2.75) is 41.5 Å². The molecular weight excluding hydrogens is 540 g/mol. The van der Waals surface area contributed by atoms with Gasteiger partial charge in [0, 0.05) is 24.5 Å². The first-order chi connectivity index (χ1) is 17.5. The van der Waals surface area contributed by atoms with E-state index in [0.717, 1.165) is 31.9 Å². The second kappa shape index (κ2) is 11.0. The number of nitrogens with one attached hydrogen (secondary N) is 3. The molecule has 0 aromatic carbocycles. The third-order valence-corrected chi connectivity index (χ3v) is 9.50. The fourth-order valence-corrected chi connectivity index (χ4v) is 6.99. The number of Topliss-reactive ketones (excluding diaryl/α,β-unsaturated/α-hetero) is 1. The number of thiazole rings is 1. The number of sulfonamides is 1. The van der Waals surface area contributed by atoms with Gasteiger partial charge in [0.1, 0.15) is 0 Å². The molecule has 4 rings (SSSR count). The molecule has 3 aromatic heterocycles. The van der Waals surface area contributed by atoms with E-state index in [0.29, 0.717) is 16.9 Å². The Balaban J connectivity index is 1.58. The zero-order valence-electron chi connectivity index (χ0n) is 19.7. The Morgan fingerprint density at radius 1 is 1.05 bits per heavy atom. The van der Waals surface area contributed by atoms with Gasteiger partial charge in [-0.25, -0.2) is 36.3 Å². The summed E-state index contributed by atoms with van der Waals surface area (Å²) in [4.78, 5) is 37.7. The van der Waals surface area contributed by atoms with Gasteiger partial charge >= 0.3 is 6.03 Å². The number of pyridine rings is 2. The van der Waals surface area contributed by atoms with E-state index in [2.05, 4.69) is 30.3 Å². The molecule has 0 aliphatic heterocycles. The molecule has 0 spiro atoms. The van der Waals surface area contributed by atoms with Gasteiger partial charge in [-0.05, 0) is 31.0 Å². The Morgan fingerprint density at radius 3 is 2.49 bits per heavy atom. The van der Waals surface area contributed by atoms with Crippen LogP contribution in [0.15, 0.2) is 52.1 Å². The summed E-state index contributed by atoms with van der Waals surface area (Å²) in [7, 11) is -7.81. The van der Waals surface area contributed by atoms with E-state index < -0.39 is 32.4 Å². The van der Waals surface area contributed by atoms with Gasteiger partial charge < -0.3 is 5.32 Å². The predicted molar refractivity (Wildman–Crippen MR) is 137 cm³/mol. The van der Waals surface area contributed by atoms with Crippen LogP contribution < -0.4 is 15.4 Å². The van der Waals surface area contributed by atoms with Crippen molar-refractivity contribution in [3.05, 3.63) is 54.1 Å². The molecule has 3 heterocycles. The van der Waals surface area contributed by atoms with Gasteiger partial charge in [0.2, 0.25) is 19.9 Å². The van der Waals surface area contributed by atoms with Crippen molar-refractivity contribution in [2.24, 2.45) is 5.92 Å². The van der Waals surface area contributed by atoms with Gasteiger partial charge in [0.15, 0.2) is 20.1 Å². The summed E-state index contributed by atoms with van der Waals surface area (Å²) in [6.07, 6.45) is 8.62. The summed E-state index contributed by atoms with van der Waals surface area (Å²) in [5, 5.41) is 4.74. The Hall–Kier alpha value is -3.27. The number of urea groups is 1. The van der Waals surface area contributed by atoms with Crippen molar-refractivity contribution in [3.63, 3.8) is 0 Å². The number of nitrogens with zero attached hydrogens (tertiary/aromatic N) is 3. The number of amides is 2. The number of hydrogen-bond acceptors (Lipinski definition) is 10. The standard InChI is InChI=1S/C22H24N6O6S3/c1-36(31,32)25-13-17-20(37(33,34)18-8-4-5-10-24-18)35-22(27-17)28-21(30)26-16-9-11-23-12-15(16)19(29)14-6-2-3-7-14/h4-5,8-12,14,25H,2-3,6-7,13H2,1H3,(H2,23,26,27,28,30). The van der Waals surface area contributed by atoms with Crippen molar-refractivity contribution in [3.8, 4) is 0 Å². The summed E-state index contributed by atoms with van der Waals surface area (Å²) in [5.74, 6) is -0.205. The van der Waals surface area contributed by atoms with Gasteiger partial charge in [0.25, 0.3) is 0 Å². The lowest BCUT2D eigenvalue weighted by atomic mass is 9.96. The van der Waals surface area contributed by atoms with Crippen molar-refractivity contribution in [2.75, 3.05) is 16.9 Å². The minimum absolute atomic E-state index is 0.0879. The second-order valence-corrected chi connectivity index (χ2v) is 13.3. The molecule has 37 heavy (non-hydrogen) atoms. The van der Waals surface area contributed by atoms with Gasteiger partial charge in [-0.2, -0.15) is 0 Å². The van der Waals surface area contributed by atoms with Gasteiger partial charge in [-0.3, -0.25) is 15.1 Å². The molecule has 1 saturated carbocycles. The summed E-state index contributed by atoms with van der Waals surface area (Å²) < 4.78 is 51.5. The highest BCUT2D eigenvalue weighted by molar-refractivity contribution is 7.93. The van der Waals surface area contributed by atoms with E-state index in [1.807, 2.05) is 0 Å². The molecule has 1 aliphatic rings. The van der Waals surface area contributed by atoms with Crippen LogP contribution >= 0.6 is 11.3 Å². The first kappa shape index (κ1) is 26.8. The van der Waals surface area contributed by atoms with Crippen LogP contribution in [-0.2, 0) is 26.4 Å². The smallest absolute Gasteiger partial charge is 0.307 e. The van der Waals surface area contributed by atoms with Crippen molar-refractivity contribution in [1.29, 1.82) is 0 Å². The minimum atomic E-state index is -4.15. The third kappa shape index (κ3) is 6.54. The first-order valence-corrected chi connectivity index (χ1v) is 15.4. The number of hydrogen-bond donors (Lipinski definition) is 3. The molecule has 0 bridgehead atoms. The lowest BCUT2D eigenvalue weighted by Gasteiger charge is -2.13. The number of carbonyl (C=O) groups is 2. The Bertz CT molecular complexity index is 1520. The SMILES string of the molecule is CS(=O)(=O)NCc1nc(NC(=O)Nc2ccncc2C(=O)C2CCCC2)sc1S(=O)(=O)c1ccccn1. The molecule has 0 radical (unpaired) electrons. The topological polar surface area (TPSA) is 177 Å². The van der Waals surface area contributed by atoms with E-state index in [4.69, 9.17) is 0 Å². The maximum atomic E-state index is 13.2. The highest BCUT2D eigenvalue weighted by atomic mass is 32.2. The summed E-state index contributed by atoms with van der Waals surface area (Å²) in [6.45, 7) is -0.412. The second-order valence-electron chi connectivity index (χ2n) is 8.36. The predicted octanol–water partition coefficient (Wildman–Crippen LogP) is 2.83. The Labute approximate surface area is 217 Å². The minimum Gasteiger partial charge on any atom is -0.307 e. The quantitative estimate of drug-likeness (QED) is 0.330. The number of carbonyl (C=O) groups excluding carboxylic acids is 2. The molecule has 3 N–H and O–H groups in total. The van der Waals surface area contributed by atoms with Crippen molar-refractivity contribution in [1.82, 2.24) is 19.7 Å². The summed E-state index contributed by atoms with van der Waals surface area (Å²) in [5.41, 5.74) is 0.457. The van der Waals surface area contributed by atoms with Gasteiger partial charge in [0.05, 0.1) is 29.7 Å². The van der Waals surface area contributed by atoms with Crippen LogP contribution in [0.3, 0.4) is 0 Å². The number of rotatable bonds is 9. The molecule has 0 unspecified atom stereocenters. The molecule has 0 atom stereocenters. The Kier molecular flexibility index (Phi) is 7.96. The van der Waals surface area contributed by atoms with Crippen LogP contribution in [-0.4, -0.2) is 49.9 Å². The van der Waals surface area contributed by atoms with Crippen LogP contribution in [0.2, 0.25) is 0 Å². The largest absolute Gasteiger partial charge is 0.325 e. The van der Waals surface area contributed by atoms with Crippen LogP contribution in [0.5, 0.6) is 0 Å². The average Bonchev–Trinajstić information content (AvgIpc) is 3.53. The monoisotopic (exact) mass is 564 g/mol. The molecular formula is C22H24N6O6S3. The molecule has 196 valence electrons. The fraction of sp³-hybridized carbons (Fsp3) is 0.318. The first-order valence-electron chi connectivity index (χ1n) is 11.2. The van der Waals surface area contributed by atoms with Crippen molar-refractivity contribution < 1.29 is 26.4 Å². The maximum Gasteiger partial charge on any atom is 0.325 e. The van der Waals surface area contributed by atoms with Crippen molar-refractivity contribution >= 4 is 53.8 Å². The highest BCUT2D eigenvalue weighted by Crippen LogP contribution is 2.33. The molecule has 1 aliphatic carbocycles. The van der Waals surface area contributed by atoms with Gasteiger partial charge in [-0.1, -0.05) is 30.2 Å². The molecule has 15 heteroatoms. The zero-order chi connectivity index (χ0) is 26.6. The maximum absolute atomic E-state index is 13.2.